The van der Waals surface area contributed by atoms with Crippen LogP contribution < -0.4 is 10.6 Å². The van der Waals surface area contributed by atoms with Gasteiger partial charge in [-0.3, -0.25) is 14.3 Å². The van der Waals surface area contributed by atoms with E-state index in [9.17, 15) is 9.59 Å². The van der Waals surface area contributed by atoms with Gasteiger partial charge in [-0.25, -0.2) is 0 Å². The summed E-state index contributed by atoms with van der Waals surface area (Å²) in [6, 6.07) is 8.79. The van der Waals surface area contributed by atoms with Crippen molar-refractivity contribution < 1.29 is 9.59 Å². The Morgan fingerprint density at radius 3 is 2.11 bits per heavy atom. The van der Waals surface area contributed by atoms with Gasteiger partial charge in [0.15, 0.2) is 5.69 Å². The number of carbonyl (C=O) groups is 2. The molecule has 1 heterocycles. The number of aromatic nitrogens is 2. The van der Waals surface area contributed by atoms with Crippen LogP contribution >= 0.6 is 0 Å². The van der Waals surface area contributed by atoms with Crippen molar-refractivity contribution in [2.24, 2.45) is 0 Å². The van der Waals surface area contributed by atoms with E-state index in [1.165, 1.54) is 0 Å². The van der Waals surface area contributed by atoms with Crippen molar-refractivity contribution in [2.45, 2.75) is 71.4 Å². The molecule has 0 bridgehead atoms. The molecule has 6 heteroatoms. The zero-order valence-corrected chi connectivity index (χ0v) is 17.6. The Hall–Kier alpha value is -2.63. The summed E-state index contributed by atoms with van der Waals surface area (Å²) in [5, 5.41) is 10.4. The topological polar surface area (TPSA) is 76.0 Å². The normalized spacial score (nSPS) is 14.6. The third kappa shape index (κ3) is 4.80. The minimum absolute atomic E-state index is 0.136. The van der Waals surface area contributed by atoms with E-state index < -0.39 is 0 Å². The maximum absolute atomic E-state index is 12.7. The highest BCUT2D eigenvalue weighted by Crippen LogP contribution is 2.41. The van der Waals surface area contributed by atoms with Crippen LogP contribution in [-0.4, -0.2) is 27.1 Å². The number of anilines is 1. The molecule has 0 unspecified atom stereocenters. The average molecular weight is 383 g/mol. The van der Waals surface area contributed by atoms with Gasteiger partial charge < -0.3 is 10.6 Å². The molecule has 0 saturated heterocycles. The molecule has 3 rings (SSSR count). The minimum atomic E-state index is -0.297. The maximum atomic E-state index is 12.7. The lowest BCUT2D eigenvalue weighted by molar-refractivity contribution is 0.0919. The summed E-state index contributed by atoms with van der Waals surface area (Å²) in [7, 11) is 0. The van der Waals surface area contributed by atoms with Gasteiger partial charge in [-0.2, -0.15) is 5.10 Å². The molecule has 2 amide bonds. The first-order valence-corrected chi connectivity index (χ1v) is 9.78. The second-order valence-corrected chi connectivity index (χ2v) is 9.55. The Morgan fingerprint density at radius 2 is 1.61 bits per heavy atom. The number of nitrogens with one attached hydrogen (secondary N) is 2. The van der Waals surface area contributed by atoms with Gasteiger partial charge >= 0.3 is 0 Å². The highest BCUT2D eigenvalue weighted by molar-refractivity contribution is 6.03. The van der Waals surface area contributed by atoms with E-state index in [0.717, 1.165) is 18.5 Å². The molecule has 1 aromatic carbocycles. The molecular formula is C22H30N4O2. The molecule has 0 aliphatic heterocycles. The number of carbonyl (C=O) groups excluding carboxylic acids is 2. The molecule has 1 aromatic heterocycles. The van der Waals surface area contributed by atoms with E-state index in [1.54, 1.807) is 24.3 Å². The lowest BCUT2D eigenvalue weighted by Crippen LogP contribution is -2.40. The minimum Gasteiger partial charge on any atom is -0.347 e. The Balaban J connectivity index is 1.72. The summed E-state index contributed by atoms with van der Waals surface area (Å²) in [4.78, 5) is 24.9. The molecule has 2 aromatic rings. The second-order valence-electron chi connectivity index (χ2n) is 9.55. The Morgan fingerprint density at radius 1 is 1.00 bits per heavy atom. The number of rotatable bonds is 4. The summed E-state index contributed by atoms with van der Waals surface area (Å²) in [5.74, 6) is 0.133. The molecule has 6 nitrogen and oxygen atoms in total. The molecule has 1 aliphatic rings. The molecule has 0 spiro atoms. The van der Waals surface area contributed by atoms with Crippen molar-refractivity contribution in [3.05, 3.63) is 47.3 Å². The van der Waals surface area contributed by atoms with Crippen LogP contribution in [0.3, 0.4) is 0 Å². The fourth-order valence-corrected chi connectivity index (χ4v) is 3.03. The first kappa shape index (κ1) is 20.1. The van der Waals surface area contributed by atoms with Gasteiger partial charge in [-0.1, -0.05) is 0 Å². The van der Waals surface area contributed by atoms with Crippen LogP contribution in [-0.2, 0) is 5.54 Å². The van der Waals surface area contributed by atoms with E-state index in [1.807, 2.05) is 31.5 Å². The summed E-state index contributed by atoms with van der Waals surface area (Å²) >= 11 is 0. The molecule has 28 heavy (non-hydrogen) atoms. The van der Waals surface area contributed by atoms with Crippen molar-refractivity contribution >= 4 is 17.5 Å². The fraction of sp³-hybridized carbons (Fsp3) is 0.500. The van der Waals surface area contributed by atoms with E-state index in [0.29, 0.717) is 22.9 Å². The average Bonchev–Trinajstić information content (AvgIpc) is 3.30. The molecular weight excluding hydrogens is 352 g/mol. The number of benzene rings is 1. The molecule has 1 fully saturated rings. The van der Waals surface area contributed by atoms with Gasteiger partial charge in [0.25, 0.3) is 11.8 Å². The fourth-order valence-electron chi connectivity index (χ4n) is 3.03. The molecule has 150 valence electrons. The van der Waals surface area contributed by atoms with Gasteiger partial charge in [-0.15, -0.1) is 0 Å². The van der Waals surface area contributed by atoms with Crippen LogP contribution in [0.1, 0.15) is 86.8 Å². The van der Waals surface area contributed by atoms with E-state index in [2.05, 4.69) is 36.5 Å². The third-order valence-corrected chi connectivity index (χ3v) is 4.49. The van der Waals surface area contributed by atoms with E-state index in [4.69, 9.17) is 0 Å². The van der Waals surface area contributed by atoms with Gasteiger partial charge in [0.05, 0.1) is 5.54 Å². The van der Waals surface area contributed by atoms with Crippen LogP contribution in [0.5, 0.6) is 0 Å². The van der Waals surface area contributed by atoms with Gasteiger partial charge in [-0.05, 0) is 84.7 Å². The zero-order valence-electron chi connectivity index (χ0n) is 17.6. The zero-order chi connectivity index (χ0) is 20.7. The van der Waals surface area contributed by atoms with Crippen molar-refractivity contribution in [2.75, 3.05) is 5.32 Å². The monoisotopic (exact) mass is 382 g/mol. The highest BCUT2D eigenvalue weighted by atomic mass is 16.2. The summed E-state index contributed by atoms with van der Waals surface area (Å²) in [6.45, 7) is 12.1. The smallest absolute Gasteiger partial charge is 0.276 e. The molecule has 0 radical (unpaired) electrons. The summed E-state index contributed by atoms with van der Waals surface area (Å²) in [6.07, 6.45) is 2.31. The van der Waals surface area contributed by atoms with E-state index >= 15 is 0 Å². The SMILES string of the molecule is CC(C)(C)NC(=O)c1ccc(NC(=O)c2cc(C3CC3)n(C(C)(C)C)n2)cc1. The standard InChI is InChI=1S/C22H30N4O2/c1-21(2,3)24-19(27)15-9-11-16(12-10-15)23-20(28)17-13-18(14-7-8-14)26(25-17)22(4,5)6/h9-14H,7-8H2,1-6H3,(H,23,28)(H,24,27). The van der Waals surface area contributed by atoms with Crippen LogP contribution in [0, 0.1) is 0 Å². The van der Waals surface area contributed by atoms with Crippen LogP contribution in [0.2, 0.25) is 0 Å². The van der Waals surface area contributed by atoms with Gasteiger partial charge in [0, 0.05) is 28.4 Å². The van der Waals surface area contributed by atoms with Crippen molar-refractivity contribution in [3.8, 4) is 0 Å². The quantitative estimate of drug-likeness (QED) is 0.828. The van der Waals surface area contributed by atoms with Gasteiger partial charge in [0.2, 0.25) is 0 Å². The van der Waals surface area contributed by atoms with Crippen molar-refractivity contribution in [1.82, 2.24) is 15.1 Å². The number of amides is 2. The highest BCUT2D eigenvalue weighted by Gasteiger charge is 2.32. The third-order valence-electron chi connectivity index (χ3n) is 4.49. The number of hydrogen-bond acceptors (Lipinski definition) is 3. The van der Waals surface area contributed by atoms with E-state index in [-0.39, 0.29) is 22.9 Å². The Labute approximate surface area is 166 Å². The molecule has 1 saturated carbocycles. The van der Waals surface area contributed by atoms with Crippen molar-refractivity contribution in [3.63, 3.8) is 0 Å². The second kappa shape index (κ2) is 7.08. The predicted octanol–water partition coefficient (Wildman–Crippen LogP) is 4.30. The molecule has 0 atom stereocenters. The van der Waals surface area contributed by atoms with Crippen LogP contribution in [0.25, 0.3) is 0 Å². The maximum Gasteiger partial charge on any atom is 0.276 e. The predicted molar refractivity (Wildman–Crippen MR) is 111 cm³/mol. The molecule has 1 aliphatic carbocycles. The lowest BCUT2D eigenvalue weighted by atomic mass is 10.1. The Kier molecular flexibility index (Phi) is 5.08. The lowest BCUT2D eigenvalue weighted by Gasteiger charge is -2.22. The number of nitrogens with zero attached hydrogens (tertiary/aromatic N) is 2. The van der Waals surface area contributed by atoms with Gasteiger partial charge in [0.1, 0.15) is 0 Å². The molecule has 2 N–H and O–H groups in total. The van der Waals surface area contributed by atoms with Crippen molar-refractivity contribution in [1.29, 1.82) is 0 Å². The van der Waals surface area contributed by atoms with Crippen LogP contribution in [0.15, 0.2) is 30.3 Å². The summed E-state index contributed by atoms with van der Waals surface area (Å²) in [5.41, 5.74) is 2.28. The first-order chi connectivity index (χ1) is 12.9. The van der Waals surface area contributed by atoms with Crippen LogP contribution in [0.4, 0.5) is 5.69 Å². The largest absolute Gasteiger partial charge is 0.347 e. The first-order valence-electron chi connectivity index (χ1n) is 9.78. The number of hydrogen-bond donors (Lipinski definition) is 2. The summed E-state index contributed by atoms with van der Waals surface area (Å²) < 4.78 is 1.97. The Bertz CT molecular complexity index is 879.